The smallest absolute Gasteiger partial charge is 0.365 e. The first-order valence-corrected chi connectivity index (χ1v) is 10.5. The van der Waals surface area contributed by atoms with Gasteiger partial charge in [0.15, 0.2) is 5.82 Å². The van der Waals surface area contributed by atoms with Gasteiger partial charge in [0.2, 0.25) is 12.2 Å². The molecular weight excluding hydrogens is 431 g/mol. The van der Waals surface area contributed by atoms with E-state index >= 15 is 0 Å². The number of hydrazine groups is 1. The summed E-state index contributed by atoms with van der Waals surface area (Å²) in [7, 11) is 1.93. The number of halogens is 3. The molecule has 0 saturated carbocycles. The number of hydroxylamine groups is 1. The first kappa shape index (κ1) is 25.6. The number of hydrogen-bond donors (Lipinski definition) is 3. The van der Waals surface area contributed by atoms with Crippen LogP contribution >= 0.6 is 0 Å². The maximum atomic E-state index is 13.2. The van der Waals surface area contributed by atoms with Crippen molar-refractivity contribution in [2.45, 2.75) is 38.8 Å². The molecule has 2 rings (SSSR count). The summed E-state index contributed by atoms with van der Waals surface area (Å²) in [5.41, 5.74) is 2.54. The van der Waals surface area contributed by atoms with Crippen LogP contribution in [0.4, 0.5) is 24.7 Å². The summed E-state index contributed by atoms with van der Waals surface area (Å²) in [6.07, 6.45) is -0.446. The van der Waals surface area contributed by atoms with Crippen LogP contribution in [-0.4, -0.2) is 77.3 Å². The van der Waals surface area contributed by atoms with Crippen molar-refractivity contribution < 1.29 is 28.0 Å². The SMILES string of the molecule is CCCCC[C@H](CNC=O)C(=O)N(O)Nc1nc(C(F)(F)F)ncc1N1CCN(C)CC1. The van der Waals surface area contributed by atoms with Crippen LogP contribution in [0.1, 0.15) is 38.4 Å². The molecule has 1 aliphatic heterocycles. The monoisotopic (exact) mass is 461 g/mol. The van der Waals surface area contributed by atoms with E-state index < -0.39 is 23.8 Å². The predicted octanol–water partition coefficient (Wildman–Crippen LogP) is 1.73. The molecule has 2 amide bonds. The van der Waals surface area contributed by atoms with Gasteiger partial charge in [-0.25, -0.2) is 9.97 Å². The summed E-state index contributed by atoms with van der Waals surface area (Å²) < 4.78 is 39.5. The Hall–Kier alpha value is -2.67. The van der Waals surface area contributed by atoms with Crippen molar-refractivity contribution in [2.24, 2.45) is 5.92 Å². The van der Waals surface area contributed by atoms with Crippen molar-refractivity contribution in [3.8, 4) is 0 Å². The predicted molar refractivity (Wildman–Crippen MR) is 111 cm³/mol. The van der Waals surface area contributed by atoms with Crippen LogP contribution in [0.3, 0.4) is 0 Å². The third kappa shape index (κ3) is 7.19. The van der Waals surface area contributed by atoms with Crippen molar-refractivity contribution in [3.05, 3.63) is 12.0 Å². The molecule has 180 valence electrons. The van der Waals surface area contributed by atoms with E-state index in [1.807, 2.05) is 14.0 Å². The molecule has 10 nitrogen and oxygen atoms in total. The molecule has 1 atom stereocenters. The van der Waals surface area contributed by atoms with E-state index in [2.05, 4.69) is 25.6 Å². The highest BCUT2D eigenvalue weighted by atomic mass is 19.4. The van der Waals surface area contributed by atoms with Gasteiger partial charge in [0.1, 0.15) is 5.69 Å². The van der Waals surface area contributed by atoms with Gasteiger partial charge in [-0.2, -0.15) is 13.2 Å². The topological polar surface area (TPSA) is 114 Å². The van der Waals surface area contributed by atoms with E-state index in [0.29, 0.717) is 45.4 Å². The van der Waals surface area contributed by atoms with Crippen LogP contribution in [0.2, 0.25) is 0 Å². The summed E-state index contributed by atoms with van der Waals surface area (Å²) in [6.45, 7) is 4.38. The highest BCUT2D eigenvalue weighted by Crippen LogP contribution is 2.31. The van der Waals surface area contributed by atoms with Crippen LogP contribution in [0.15, 0.2) is 6.20 Å². The summed E-state index contributed by atoms with van der Waals surface area (Å²) >= 11 is 0. The Kier molecular flexibility index (Phi) is 9.44. The third-order valence-electron chi connectivity index (χ3n) is 5.24. The minimum Gasteiger partial charge on any atom is -0.365 e. The lowest BCUT2D eigenvalue weighted by Crippen LogP contribution is -2.46. The number of alkyl halides is 3. The molecule has 1 aliphatic rings. The number of nitrogens with one attached hydrogen (secondary N) is 2. The maximum absolute atomic E-state index is 13.2. The second-order valence-corrected chi connectivity index (χ2v) is 7.70. The lowest BCUT2D eigenvalue weighted by atomic mass is 10.0. The first-order valence-electron chi connectivity index (χ1n) is 10.5. The van der Waals surface area contributed by atoms with E-state index in [0.717, 1.165) is 19.0 Å². The van der Waals surface area contributed by atoms with Gasteiger partial charge in [0.05, 0.1) is 12.1 Å². The molecule has 1 aromatic rings. The van der Waals surface area contributed by atoms with Gasteiger partial charge < -0.3 is 15.1 Å². The second kappa shape index (κ2) is 11.8. The zero-order valence-corrected chi connectivity index (χ0v) is 18.2. The number of aromatic nitrogens is 2. The first-order chi connectivity index (χ1) is 15.2. The van der Waals surface area contributed by atoms with Crippen LogP contribution in [0.5, 0.6) is 0 Å². The van der Waals surface area contributed by atoms with Gasteiger partial charge in [0.25, 0.3) is 5.91 Å². The van der Waals surface area contributed by atoms with Crippen molar-refractivity contribution in [3.63, 3.8) is 0 Å². The highest BCUT2D eigenvalue weighted by molar-refractivity contribution is 5.80. The Morgan fingerprint density at radius 2 is 2.00 bits per heavy atom. The fraction of sp³-hybridized carbons (Fsp3) is 0.684. The molecule has 2 heterocycles. The Morgan fingerprint density at radius 3 is 2.59 bits per heavy atom. The van der Waals surface area contributed by atoms with E-state index in [9.17, 15) is 28.0 Å². The molecule has 0 unspecified atom stereocenters. The van der Waals surface area contributed by atoms with Crippen molar-refractivity contribution in [1.82, 2.24) is 25.4 Å². The summed E-state index contributed by atoms with van der Waals surface area (Å²) in [6, 6.07) is 0. The largest absolute Gasteiger partial charge is 0.451 e. The van der Waals surface area contributed by atoms with E-state index in [-0.39, 0.29) is 23.2 Å². The van der Waals surface area contributed by atoms with Crippen LogP contribution in [-0.2, 0) is 15.8 Å². The van der Waals surface area contributed by atoms with Gasteiger partial charge in [-0.15, -0.1) is 5.17 Å². The molecule has 0 aliphatic carbocycles. The number of anilines is 2. The average molecular weight is 461 g/mol. The molecule has 13 heteroatoms. The Labute approximate surface area is 184 Å². The van der Waals surface area contributed by atoms with Gasteiger partial charge in [-0.05, 0) is 13.5 Å². The number of unbranched alkanes of at least 4 members (excludes halogenated alkanes) is 2. The second-order valence-electron chi connectivity index (χ2n) is 7.70. The fourth-order valence-corrected chi connectivity index (χ4v) is 3.35. The minimum atomic E-state index is -4.79. The lowest BCUT2D eigenvalue weighted by Gasteiger charge is -2.35. The van der Waals surface area contributed by atoms with Gasteiger partial charge >= 0.3 is 6.18 Å². The van der Waals surface area contributed by atoms with Crippen LogP contribution in [0, 0.1) is 5.92 Å². The number of carbonyl (C=O) groups excluding carboxylic acids is 2. The summed E-state index contributed by atoms with van der Waals surface area (Å²) in [5, 5.41) is 12.9. The summed E-state index contributed by atoms with van der Waals surface area (Å²) in [4.78, 5) is 34.2. The number of amides is 2. The molecular formula is C19H30F3N7O3. The fourth-order valence-electron chi connectivity index (χ4n) is 3.35. The molecule has 0 bridgehead atoms. The normalized spacial score (nSPS) is 15.9. The number of piperazine rings is 1. The quantitative estimate of drug-likeness (QED) is 0.198. The number of nitrogens with zero attached hydrogens (tertiary/aromatic N) is 5. The highest BCUT2D eigenvalue weighted by Gasteiger charge is 2.36. The summed E-state index contributed by atoms with van der Waals surface area (Å²) in [5.74, 6) is -3.25. The maximum Gasteiger partial charge on any atom is 0.451 e. The Bertz CT molecular complexity index is 758. The zero-order valence-electron chi connectivity index (χ0n) is 18.2. The van der Waals surface area contributed by atoms with E-state index in [4.69, 9.17) is 0 Å². The molecule has 1 aromatic heterocycles. The van der Waals surface area contributed by atoms with Crippen LogP contribution in [0.25, 0.3) is 0 Å². The number of carbonyl (C=O) groups is 2. The van der Waals surface area contributed by atoms with Crippen molar-refractivity contribution >= 4 is 23.8 Å². The standard InChI is InChI=1S/C19H30F3N7O3/c1-3-4-5-6-14(11-23-13-30)17(31)29(32)26-16-15(28-9-7-27(2)8-10-28)12-24-18(25-16)19(20,21)22/h12-14,32H,3-11H2,1-2H3,(H,23,30)(H,24,25,26)/t14-/m1/s1. The molecule has 0 aromatic carbocycles. The number of rotatable bonds is 11. The van der Waals surface area contributed by atoms with Crippen molar-refractivity contribution in [2.75, 3.05) is 50.1 Å². The van der Waals surface area contributed by atoms with Gasteiger partial charge in [-0.3, -0.25) is 20.2 Å². The molecule has 1 saturated heterocycles. The van der Waals surface area contributed by atoms with Gasteiger partial charge in [0, 0.05) is 32.7 Å². The number of hydrogen-bond acceptors (Lipinski definition) is 8. The lowest BCUT2D eigenvalue weighted by molar-refractivity contribution is -0.164. The third-order valence-corrected chi connectivity index (χ3v) is 5.24. The zero-order chi connectivity index (χ0) is 23.7. The average Bonchev–Trinajstić information content (AvgIpc) is 2.75. The van der Waals surface area contributed by atoms with Crippen molar-refractivity contribution in [1.29, 1.82) is 0 Å². The van der Waals surface area contributed by atoms with E-state index in [1.54, 1.807) is 4.90 Å². The molecule has 1 fully saturated rings. The molecule has 3 N–H and O–H groups in total. The van der Waals surface area contributed by atoms with E-state index in [1.165, 1.54) is 0 Å². The van der Waals surface area contributed by atoms with Crippen LogP contribution < -0.4 is 15.6 Å². The minimum absolute atomic E-state index is 0.00627. The Balaban J connectivity index is 2.24. The molecule has 32 heavy (non-hydrogen) atoms. The molecule has 0 radical (unpaired) electrons. The van der Waals surface area contributed by atoms with Gasteiger partial charge in [-0.1, -0.05) is 26.2 Å². The Morgan fingerprint density at radius 1 is 1.31 bits per heavy atom. The molecule has 0 spiro atoms. The number of likely N-dealkylation sites (N-methyl/N-ethyl adjacent to an activating group) is 1.